The summed E-state index contributed by atoms with van der Waals surface area (Å²) in [6.07, 6.45) is 3.70. The molecule has 2 aromatic rings. The molecule has 1 N–H and O–H groups in total. The lowest BCUT2D eigenvalue weighted by atomic mass is 10.2. The molecule has 8 heteroatoms. The van der Waals surface area contributed by atoms with Crippen LogP contribution in [0.15, 0.2) is 50.6 Å². The second kappa shape index (κ2) is 8.49. The highest BCUT2D eigenvalue weighted by atomic mass is 32.2. The van der Waals surface area contributed by atoms with Crippen molar-refractivity contribution in [3.8, 4) is 0 Å². The van der Waals surface area contributed by atoms with Gasteiger partial charge in [-0.25, -0.2) is 0 Å². The van der Waals surface area contributed by atoms with Crippen LogP contribution < -0.4 is 5.32 Å². The minimum atomic E-state index is -0.375. The van der Waals surface area contributed by atoms with E-state index in [4.69, 9.17) is 4.42 Å². The number of rotatable bonds is 6. The van der Waals surface area contributed by atoms with E-state index in [-0.39, 0.29) is 35.9 Å². The molecule has 3 amide bonds. The number of amides is 3. The third-order valence-corrected chi connectivity index (χ3v) is 5.52. The number of nitrogens with zero attached hydrogens (tertiary/aromatic N) is 1. The van der Waals surface area contributed by atoms with Crippen molar-refractivity contribution < 1.29 is 18.8 Å². The molecule has 0 bridgehead atoms. The fourth-order valence-corrected chi connectivity index (χ4v) is 3.74. The van der Waals surface area contributed by atoms with E-state index in [2.05, 4.69) is 5.32 Å². The quantitative estimate of drug-likeness (QED) is 0.585. The van der Waals surface area contributed by atoms with Gasteiger partial charge in [0, 0.05) is 18.0 Å². The van der Waals surface area contributed by atoms with E-state index in [1.807, 2.05) is 30.5 Å². The van der Waals surface area contributed by atoms with Crippen molar-refractivity contribution in [2.45, 2.75) is 11.8 Å². The molecule has 1 saturated heterocycles. The fourth-order valence-electron chi connectivity index (χ4n) is 2.47. The van der Waals surface area contributed by atoms with Crippen molar-refractivity contribution in [2.24, 2.45) is 0 Å². The van der Waals surface area contributed by atoms with Gasteiger partial charge in [0.25, 0.3) is 17.1 Å². The molecule has 1 aromatic carbocycles. The zero-order valence-electron chi connectivity index (χ0n) is 14.9. The standard InChI is InChI=1S/C19H18N2O4S2/c1-12-3-8-15(25-12)17(22)20-9-10-21-18(23)16(27-19(21)24)11-13-4-6-14(26-2)7-5-13/h3-8,11H,9-10H2,1-2H3,(H,20,22). The Hall–Kier alpha value is -2.45. The monoisotopic (exact) mass is 402 g/mol. The van der Waals surface area contributed by atoms with Crippen molar-refractivity contribution in [1.82, 2.24) is 10.2 Å². The first-order valence-corrected chi connectivity index (χ1v) is 10.3. The highest BCUT2D eigenvalue weighted by Crippen LogP contribution is 2.32. The van der Waals surface area contributed by atoms with Crippen molar-refractivity contribution in [1.29, 1.82) is 0 Å². The molecule has 1 aliphatic rings. The second-order valence-electron chi connectivity index (χ2n) is 5.77. The zero-order chi connectivity index (χ0) is 19.4. The lowest BCUT2D eigenvalue weighted by Crippen LogP contribution is -2.37. The maximum Gasteiger partial charge on any atom is 0.293 e. The molecule has 0 atom stereocenters. The highest BCUT2D eigenvalue weighted by molar-refractivity contribution is 8.18. The number of furan rings is 1. The van der Waals surface area contributed by atoms with Crippen LogP contribution in [0.3, 0.4) is 0 Å². The van der Waals surface area contributed by atoms with Gasteiger partial charge in [-0.15, -0.1) is 11.8 Å². The summed E-state index contributed by atoms with van der Waals surface area (Å²) < 4.78 is 5.24. The second-order valence-corrected chi connectivity index (χ2v) is 7.65. The number of aryl methyl sites for hydroxylation is 1. The van der Waals surface area contributed by atoms with Gasteiger partial charge in [0.05, 0.1) is 4.91 Å². The summed E-state index contributed by atoms with van der Waals surface area (Å²) in [5.74, 6) is 0.124. The summed E-state index contributed by atoms with van der Waals surface area (Å²) in [6, 6.07) is 11.0. The molecule has 140 valence electrons. The van der Waals surface area contributed by atoms with Crippen LogP contribution >= 0.6 is 23.5 Å². The maximum absolute atomic E-state index is 12.5. The number of hydrogen-bond acceptors (Lipinski definition) is 6. The third-order valence-electron chi connectivity index (χ3n) is 3.87. The minimum absolute atomic E-state index is 0.110. The SMILES string of the molecule is CSc1ccc(C=C2SC(=O)N(CCNC(=O)c3ccc(C)o3)C2=O)cc1. The van der Waals surface area contributed by atoms with Crippen molar-refractivity contribution >= 4 is 46.7 Å². The Labute approximate surface area is 165 Å². The molecule has 2 heterocycles. The van der Waals surface area contributed by atoms with E-state index >= 15 is 0 Å². The van der Waals surface area contributed by atoms with E-state index in [1.54, 1.807) is 36.9 Å². The zero-order valence-corrected chi connectivity index (χ0v) is 16.5. The van der Waals surface area contributed by atoms with Gasteiger partial charge in [0.1, 0.15) is 5.76 Å². The average molecular weight is 402 g/mol. The fraction of sp³-hybridized carbons (Fsp3) is 0.211. The molecule has 0 radical (unpaired) electrons. The van der Waals surface area contributed by atoms with E-state index in [0.717, 1.165) is 27.1 Å². The minimum Gasteiger partial charge on any atom is -0.456 e. The molecule has 0 unspecified atom stereocenters. The van der Waals surface area contributed by atoms with Gasteiger partial charge in [0.15, 0.2) is 5.76 Å². The first kappa shape index (κ1) is 19.3. The van der Waals surface area contributed by atoms with E-state index in [1.165, 1.54) is 0 Å². The number of imide groups is 1. The van der Waals surface area contributed by atoms with Gasteiger partial charge >= 0.3 is 0 Å². The van der Waals surface area contributed by atoms with Crippen LogP contribution in [0.4, 0.5) is 4.79 Å². The van der Waals surface area contributed by atoms with Gasteiger partial charge in [0.2, 0.25) is 0 Å². The number of carbonyl (C=O) groups is 3. The van der Waals surface area contributed by atoms with Crippen LogP contribution in [0, 0.1) is 6.92 Å². The molecule has 6 nitrogen and oxygen atoms in total. The molecular weight excluding hydrogens is 384 g/mol. The van der Waals surface area contributed by atoms with Crippen LogP contribution in [-0.4, -0.2) is 41.3 Å². The maximum atomic E-state index is 12.5. The molecule has 0 spiro atoms. The van der Waals surface area contributed by atoms with Crippen LogP contribution in [0.2, 0.25) is 0 Å². The lowest BCUT2D eigenvalue weighted by Gasteiger charge is -2.12. The van der Waals surface area contributed by atoms with Crippen LogP contribution in [0.25, 0.3) is 6.08 Å². The Balaban J connectivity index is 1.58. The first-order valence-electron chi connectivity index (χ1n) is 8.22. The number of hydrogen-bond donors (Lipinski definition) is 1. The topological polar surface area (TPSA) is 79.6 Å². The molecule has 3 rings (SSSR count). The van der Waals surface area contributed by atoms with Gasteiger partial charge in [-0.3, -0.25) is 19.3 Å². The Morgan fingerprint density at radius 1 is 1.22 bits per heavy atom. The predicted molar refractivity (Wildman–Crippen MR) is 107 cm³/mol. The molecule has 0 aliphatic carbocycles. The van der Waals surface area contributed by atoms with E-state index < -0.39 is 0 Å². The van der Waals surface area contributed by atoms with Gasteiger partial charge in [-0.05, 0) is 60.8 Å². The number of nitrogens with one attached hydrogen (secondary N) is 1. The van der Waals surface area contributed by atoms with Crippen LogP contribution in [-0.2, 0) is 4.79 Å². The first-order chi connectivity index (χ1) is 13.0. The van der Waals surface area contributed by atoms with Gasteiger partial charge in [-0.1, -0.05) is 12.1 Å². The Morgan fingerprint density at radius 3 is 2.59 bits per heavy atom. The summed E-state index contributed by atoms with van der Waals surface area (Å²) in [4.78, 5) is 39.2. The molecular formula is C19H18N2O4S2. The summed E-state index contributed by atoms with van der Waals surface area (Å²) in [6.45, 7) is 2.02. The predicted octanol–water partition coefficient (Wildman–Crippen LogP) is 3.78. The molecule has 1 aromatic heterocycles. The van der Waals surface area contributed by atoms with Gasteiger partial charge in [-0.2, -0.15) is 0 Å². The van der Waals surface area contributed by atoms with E-state index in [0.29, 0.717) is 10.7 Å². The number of carbonyl (C=O) groups excluding carboxylic acids is 3. The molecule has 27 heavy (non-hydrogen) atoms. The Morgan fingerprint density at radius 2 is 1.96 bits per heavy atom. The summed E-state index contributed by atoms with van der Waals surface area (Å²) in [5.41, 5.74) is 0.861. The smallest absolute Gasteiger partial charge is 0.293 e. The highest BCUT2D eigenvalue weighted by Gasteiger charge is 2.34. The van der Waals surface area contributed by atoms with Crippen LogP contribution in [0.5, 0.6) is 0 Å². The van der Waals surface area contributed by atoms with Crippen molar-refractivity contribution in [2.75, 3.05) is 19.3 Å². The molecule has 1 fully saturated rings. The summed E-state index contributed by atoms with van der Waals surface area (Å²) >= 11 is 2.54. The van der Waals surface area contributed by atoms with E-state index in [9.17, 15) is 14.4 Å². The van der Waals surface area contributed by atoms with Crippen LogP contribution in [0.1, 0.15) is 21.9 Å². The Kier molecular flexibility index (Phi) is 6.08. The number of thioether (sulfide) groups is 2. The summed E-state index contributed by atoms with van der Waals surface area (Å²) in [7, 11) is 0. The summed E-state index contributed by atoms with van der Waals surface area (Å²) in [5, 5.41) is 2.31. The molecule has 0 saturated carbocycles. The third kappa shape index (κ3) is 4.64. The molecule has 1 aliphatic heterocycles. The average Bonchev–Trinajstić information content (AvgIpc) is 3.21. The number of benzene rings is 1. The lowest BCUT2D eigenvalue weighted by molar-refractivity contribution is -0.122. The van der Waals surface area contributed by atoms with Crippen molar-refractivity contribution in [3.05, 3.63) is 58.4 Å². The normalized spacial score (nSPS) is 15.6. The largest absolute Gasteiger partial charge is 0.456 e. The van der Waals surface area contributed by atoms with Crippen molar-refractivity contribution in [3.63, 3.8) is 0 Å². The van der Waals surface area contributed by atoms with Gasteiger partial charge < -0.3 is 9.73 Å². The Bertz CT molecular complexity index is 903.